The molecule has 78 valence electrons. The van der Waals surface area contributed by atoms with E-state index in [9.17, 15) is 4.79 Å². The van der Waals surface area contributed by atoms with E-state index in [1.54, 1.807) is 12.1 Å². The zero-order valence-electron chi connectivity index (χ0n) is 8.73. The fourth-order valence-corrected chi connectivity index (χ4v) is 1.68. The van der Waals surface area contributed by atoms with Crippen molar-refractivity contribution in [3.05, 3.63) is 47.5 Å². The van der Waals surface area contributed by atoms with E-state index in [2.05, 4.69) is 6.07 Å². The van der Waals surface area contributed by atoms with Crippen LogP contribution in [-0.4, -0.2) is 13.1 Å². The first kappa shape index (κ1) is 10.2. The van der Waals surface area contributed by atoms with Crippen LogP contribution < -0.4 is 0 Å². The molecule has 0 heterocycles. The lowest BCUT2D eigenvalue weighted by atomic mass is 10.0. The SMILES string of the molecule is COC(=O)c1ccc(C#N)c2ccccc12. The van der Waals surface area contributed by atoms with Crippen LogP contribution in [0.3, 0.4) is 0 Å². The van der Waals surface area contributed by atoms with Gasteiger partial charge in [-0.05, 0) is 17.5 Å². The number of fused-ring (bicyclic) bond motifs is 1. The highest BCUT2D eigenvalue weighted by Crippen LogP contribution is 2.22. The summed E-state index contributed by atoms with van der Waals surface area (Å²) >= 11 is 0. The molecule has 0 saturated heterocycles. The van der Waals surface area contributed by atoms with Crippen molar-refractivity contribution in [2.75, 3.05) is 7.11 Å². The average molecular weight is 211 g/mol. The number of benzene rings is 2. The molecular formula is C13H9NO2. The molecule has 0 amide bonds. The first-order chi connectivity index (χ1) is 7.77. The Bertz CT molecular complexity index is 596. The highest BCUT2D eigenvalue weighted by Gasteiger charge is 2.11. The summed E-state index contributed by atoms with van der Waals surface area (Å²) in [5.41, 5.74) is 1.04. The second-order valence-electron chi connectivity index (χ2n) is 3.31. The van der Waals surface area contributed by atoms with Gasteiger partial charge in [0, 0.05) is 5.39 Å². The second kappa shape index (κ2) is 4.03. The van der Waals surface area contributed by atoms with Gasteiger partial charge in [-0.25, -0.2) is 4.79 Å². The highest BCUT2D eigenvalue weighted by molar-refractivity contribution is 6.06. The maximum atomic E-state index is 11.5. The smallest absolute Gasteiger partial charge is 0.338 e. The summed E-state index contributed by atoms with van der Waals surface area (Å²) < 4.78 is 4.70. The van der Waals surface area contributed by atoms with Crippen molar-refractivity contribution in [2.45, 2.75) is 0 Å². The van der Waals surface area contributed by atoms with Crippen LogP contribution in [0.4, 0.5) is 0 Å². The molecule has 0 spiro atoms. The summed E-state index contributed by atoms with van der Waals surface area (Å²) in [6.07, 6.45) is 0. The zero-order chi connectivity index (χ0) is 11.5. The number of carbonyl (C=O) groups is 1. The van der Waals surface area contributed by atoms with Crippen molar-refractivity contribution < 1.29 is 9.53 Å². The van der Waals surface area contributed by atoms with Gasteiger partial charge in [0.1, 0.15) is 0 Å². The van der Waals surface area contributed by atoms with Crippen LogP contribution in [0.15, 0.2) is 36.4 Å². The Morgan fingerprint density at radius 2 is 1.88 bits per heavy atom. The molecule has 0 aliphatic carbocycles. The van der Waals surface area contributed by atoms with Gasteiger partial charge in [0.05, 0.1) is 24.3 Å². The molecule has 0 radical (unpaired) electrons. The summed E-state index contributed by atoms with van der Waals surface area (Å²) in [5.74, 6) is -0.388. The van der Waals surface area contributed by atoms with Gasteiger partial charge in [0.2, 0.25) is 0 Å². The van der Waals surface area contributed by atoms with Crippen LogP contribution in [0.2, 0.25) is 0 Å². The fourth-order valence-electron chi connectivity index (χ4n) is 1.68. The lowest BCUT2D eigenvalue weighted by molar-refractivity contribution is 0.0603. The van der Waals surface area contributed by atoms with Gasteiger partial charge in [0.15, 0.2) is 0 Å². The largest absolute Gasteiger partial charge is 0.465 e. The van der Waals surface area contributed by atoms with Gasteiger partial charge >= 0.3 is 5.97 Å². The summed E-state index contributed by atoms with van der Waals surface area (Å²) in [7, 11) is 1.34. The first-order valence-corrected chi connectivity index (χ1v) is 4.78. The van der Waals surface area contributed by atoms with Gasteiger partial charge in [-0.15, -0.1) is 0 Å². The number of carbonyl (C=O) groups excluding carboxylic acids is 1. The molecule has 2 aromatic carbocycles. The Labute approximate surface area is 92.9 Å². The van der Waals surface area contributed by atoms with Crippen molar-refractivity contribution >= 4 is 16.7 Å². The normalized spacial score (nSPS) is 9.75. The molecule has 0 aliphatic heterocycles. The fraction of sp³-hybridized carbons (Fsp3) is 0.0769. The quantitative estimate of drug-likeness (QED) is 0.681. The number of methoxy groups -OCH3 is 1. The molecule has 0 N–H and O–H groups in total. The summed E-state index contributed by atoms with van der Waals surface area (Å²) in [6, 6.07) is 12.6. The number of nitriles is 1. The highest BCUT2D eigenvalue weighted by atomic mass is 16.5. The molecule has 0 aliphatic rings. The molecule has 2 aromatic rings. The Morgan fingerprint density at radius 1 is 1.19 bits per heavy atom. The topological polar surface area (TPSA) is 50.1 Å². The third kappa shape index (κ3) is 1.51. The lowest BCUT2D eigenvalue weighted by Crippen LogP contribution is -2.02. The standard InChI is InChI=1S/C13H9NO2/c1-16-13(15)12-7-6-9(8-14)10-4-2-3-5-11(10)12/h2-7H,1H3. The Hall–Kier alpha value is -2.34. The maximum absolute atomic E-state index is 11.5. The number of esters is 1. The molecular weight excluding hydrogens is 202 g/mol. The van der Waals surface area contributed by atoms with Crippen molar-refractivity contribution in [1.29, 1.82) is 5.26 Å². The lowest BCUT2D eigenvalue weighted by Gasteiger charge is -2.05. The first-order valence-electron chi connectivity index (χ1n) is 4.78. The molecule has 3 nitrogen and oxygen atoms in total. The average Bonchev–Trinajstić information content (AvgIpc) is 2.36. The van der Waals surface area contributed by atoms with Crippen molar-refractivity contribution in [3.63, 3.8) is 0 Å². The number of ether oxygens (including phenoxy) is 1. The zero-order valence-corrected chi connectivity index (χ0v) is 8.73. The molecule has 0 saturated carbocycles. The third-order valence-corrected chi connectivity index (χ3v) is 2.45. The molecule has 0 atom stereocenters. The maximum Gasteiger partial charge on any atom is 0.338 e. The van der Waals surface area contributed by atoms with E-state index in [-0.39, 0.29) is 5.97 Å². The molecule has 3 heteroatoms. The van der Waals surface area contributed by atoms with Gasteiger partial charge in [-0.1, -0.05) is 24.3 Å². The van der Waals surface area contributed by atoms with Crippen LogP contribution >= 0.6 is 0 Å². The third-order valence-electron chi connectivity index (χ3n) is 2.45. The van der Waals surface area contributed by atoms with Gasteiger partial charge in [0.25, 0.3) is 0 Å². The van der Waals surface area contributed by atoms with Gasteiger partial charge in [-0.2, -0.15) is 5.26 Å². The number of nitrogens with zero attached hydrogens (tertiary/aromatic N) is 1. The van der Waals surface area contributed by atoms with Crippen LogP contribution in [0.5, 0.6) is 0 Å². The molecule has 0 unspecified atom stereocenters. The number of rotatable bonds is 1. The van der Waals surface area contributed by atoms with Crippen LogP contribution in [0, 0.1) is 11.3 Å². The summed E-state index contributed by atoms with van der Waals surface area (Å²) in [4.78, 5) is 11.5. The number of hydrogen-bond donors (Lipinski definition) is 0. The van der Waals surface area contributed by atoms with Gasteiger partial charge in [-0.3, -0.25) is 0 Å². The monoisotopic (exact) mass is 211 g/mol. The van der Waals surface area contributed by atoms with Gasteiger partial charge < -0.3 is 4.74 Å². The molecule has 0 bridgehead atoms. The van der Waals surface area contributed by atoms with E-state index in [1.807, 2.05) is 24.3 Å². The van der Waals surface area contributed by atoms with Crippen LogP contribution in [-0.2, 0) is 4.74 Å². The Morgan fingerprint density at radius 3 is 2.50 bits per heavy atom. The predicted octanol–water partition coefficient (Wildman–Crippen LogP) is 2.50. The van der Waals surface area contributed by atoms with Crippen LogP contribution in [0.1, 0.15) is 15.9 Å². The molecule has 2 rings (SSSR count). The van der Waals surface area contributed by atoms with E-state index in [0.717, 1.165) is 10.8 Å². The van der Waals surface area contributed by atoms with Crippen molar-refractivity contribution in [3.8, 4) is 6.07 Å². The molecule has 16 heavy (non-hydrogen) atoms. The Kier molecular flexibility index (Phi) is 2.57. The van der Waals surface area contributed by atoms with Crippen molar-refractivity contribution in [2.24, 2.45) is 0 Å². The molecule has 0 aromatic heterocycles. The molecule has 0 fully saturated rings. The van der Waals surface area contributed by atoms with Crippen LogP contribution in [0.25, 0.3) is 10.8 Å². The van der Waals surface area contributed by atoms with E-state index in [4.69, 9.17) is 10.00 Å². The second-order valence-corrected chi connectivity index (χ2v) is 3.31. The summed E-state index contributed by atoms with van der Waals surface area (Å²) in [5, 5.41) is 10.5. The minimum Gasteiger partial charge on any atom is -0.465 e. The number of hydrogen-bond acceptors (Lipinski definition) is 3. The van der Waals surface area contributed by atoms with E-state index in [1.165, 1.54) is 7.11 Å². The Balaban J connectivity index is 2.81. The minimum absolute atomic E-state index is 0.388. The predicted molar refractivity (Wildman–Crippen MR) is 60.0 cm³/mol. The van der Waals surface area contributed by atoms with E-state index in [0.29, 0.717) is 11.1 Å². The van der Waals surface area contributed by atoms with E-state index < -0.39 is 0 Å². The van der Waals surface area contributed by atoms with Crippen molar-refractivity contribution in [1.82, 2.24) is 0 Å². The van der Waals surface area contributed by atoms with E-state index >= 15 is 0 Å². The minimum atomic E-state index is -0.388. The summed E-state index contributed by atoms with van der Waals surface area (Å²) in [6.45, 7) is 0.